The number of fused-ring (bicyclic) bond motifs is 3. The van der Waals surface area contributed by atoms with E-state index in [1.54, 1.807) is 0 Å². The Balaban J connectivity index is 1.46. The smallest absolute Gasteiger partial charge is 0.227 e. The highest BCUT2D eigenvalue weighted by Gasteiger charge is 2.35. The van der Waals surface area contributed by atoms with Crippen LogP contribution in [0, 0.1) is 0 Å². The van der Waals surface area contributed by atoms with Gasteiger partial charge < -0.3 is 10.4 Å². The Kier molecular flexibility index (Phi) is 5.58. The fourth-order valence-corrected chi connectivity index (χ4v) is 4.88. The summed E-state index contributed by atoms with van der Waals surface area (Å²) in [6.07, 6.45) is 11.0. The summed E-state index contributed by atoms with van der Waals surface area (Å²) in [6.45, 7) is 0.154. The van der Waals surface area contributed by atoms with Gasteiger partial charge in [0.2, 0.25) is 5.95 Å². The largest absolute Gasteiger partial charge is 0.396 e. The molecular formula is C26H24ClN3O. The molecule has 0 bridgehead atoms. The van der Waals surface area contributed by atoms with Crippen molar-refractivity contribution in [3.8, 4) is 0 Å². The second-order valence-electron chi connectivity index (χ2n) is 8.06. The molecule has 2 N–H and O–H groups in total. The first-order chi connectivity index (χ1) is 15.2. The van der Waals surface area contributed by atoms with Crippen molar-refractivity contribution in [2.24, 2.45) is 0 Å². The van der Waals surface area contributed by atoms with Crippen molar-refractivity contribution in [3.63, 3.8) is 0 Å². The third-order valence-electron chi connectivity index (χ3n) is 6.14. The van der Waals surface area contributed by atoms with Crippen molar-refractivity contribution in [1.82, 2.24) is 9.97 Å². The van der Waals surface area contributed by atoms with Crippen molar-refractivity contribution in [1.29, 1.82) is 0 Å². The van der Waals surface area contributed by atoms with Gasteiger partial charge >= 0.3 is 0 Å². The number of aromatic nitrogens is 2. The van der Waals surface area contributed by atoms with Gasteiger partial charge in [0, 0.05) is 35.3 Å². The highest BCUT2D eigenvalue weighted by atomic mass is 35.5. The quantitative estimate of drug-likeness (QED) is 0.544. The van der Waals surface area contributed by atoms with Gasteiger partial charge in [0.1, 0.15) is 0 Å². The third kappa shape index (κ3) is 4.01. The van der Waals surface area contributed by atoms with Crippen LogP contribution < -0.4 is 5.32 Å². The summed E-state index contributed by atoms with van der Waals surface area (Å²) >= 11 is 6.56. The standard InChI is InChI=1S/C26H24ClN3O/c27-24-8-4-3-6-21(24)23-15-18-16-28-26(29-19-11-9-17(10-12-19)13-14-31)30-25(18)22-7-2-1-5-20(22)23/h1-6,8-12,16,22-23,31H,7,13-15H2,(H,28,29,30). The fourth-order valence-electron chi connectivity index (χ4n) is 4.61. The second-order valence-corrected chi connectivity index (χ2v) is 8.47. The maximum Gasteiger partial charge on any atom is 0.227 e. The van der Waals surface area contributed by atoms with Crippen LogP contribution in [0.1, 0.15) is 40.6 Å². The molecule has 2 aliphatic carbocycles. The molecule has 0 radical (unpaired) electrons. The van der Waals surface area contributed by atoms with Gasteiger partial charge in [-0.2, -0.15) is 0 Å². The molecule has 156 valence electrons. The highest BCUT2D eigenvalue weighted by molar-refractivity contribution is 6.31. The van der Waals surface area contributed by atoms with Crippen LogP contribution in [-0.4, -0.2) is 21.7 Å². The number of hydrogen-bond acceptors (Lipinski definition) is 4. The molecule has 0 saturated heterocycles. The molecule has 1 aromatic heterocycles. The number of aliphatic hydroxyl groups is 1. The van der Waals surface area contributed by atoms with E-state index < -0.39 is 0 Å². The van der Waals surface area contributed by atoms with Crippen LogP contribution >= 0.6 is 11.6 Å². The normalized spacial score (nSPS) is 19.4. The zero-order valence-corrected chi connectivity index (χ0v) is 17.9. The highest BCUT2D eigenvalue weighted by Crippen LogP contribution is 2.47. The molecule has 1 heterocycles. The van der Waals surface area contributed by atoms with E-state index in [0.29, 0.717) is 12.4 Å². The minimum Gasteiger partial charge on any atom is -0.396 e. The second kappa shape index (κ2) is 8.66. The average Bonchev–Trinajstić information content (AvgIpc) is 2.81. The molecule has 2 unspecified atom stereocenters. The van der Waals surface area contributed by atoms with Gasteiger partial charge in [0.25, 0.3) is 0 Å². The molecule has 5 heteroatoms. The Labute approximate surface area is 187 Å². The van der Waals surface area contributed by atoms with Crippen LogP contribution in [0.15, 0.2) is 78.5 Å². The van der Waals surface area contributed by atoms with Crippen LogP contribution in [0.4, 0.5) is 11.6 Å². The number of nitrogens with zero attached hydrogens (tertiary/aromatic N) is 2. The zero-order chi connectivity index (χ0) is 21.2. The molecule has 0 saturated carbocycles. The lowest BCUT2D eigenvalue weighted by atomic mass is 9.70. The van der Waals surface area contributed by atoms with Gasteiger partial charge in [-0.3, -0.25) is 0 Å². The molecule has 4 nitrogen and oxygen atoms in total. The monoisotopic (exact) mass is 429 g/mol. The van der Waals surface area contributed by atoms with E-state index >= 15 is 0 Å². The summed E-state index contributed by atoms with van der Waals surface area (Å²) in [5, 5.41) is 13.2. The summed E-state index contributed by atoms with van der Waals surface area (Å²) in [7, 11) is 0. The molecule has 5 rings (SSSR count). The van der Waals surface area contributed by atoms with Crippen LogP contribution in [-0.2, 0) is 12.8 Å². The Morgan fingerprint density at radius 2 is 1.90 bits per heavy atom. The summed E-state index contributed by atoms with van der Waals surface area (Å²) in [6, 6.07) is 16.1. The summed E-state index contributed by atoms with van der Waals surface area (Å²) in [5.41, 5.74) is 6.88. The molecule has 0 aliphatic heterocycles. The number of hydrogen-bond donors (Lipinski definition) is 2. The first-order valence-corrected chi connectivity index (χ1v) is 11.0. The van der Waals surface area contributed by atoms with Crippen molar-refractivity contribution in [2.75, 3.05) is 11.9 Å². The van der Waals surface area contributed by atoms with Crippen molar-refractivity contribution in [2.45, 2.75) is 31.1 Å². The molecule has 2 aromatic carbocycles. The minimum absolute atomic E-state index is 0.154. The maximum atomic E-state index is 9.09. The summed E-state index contributed by atoms with van der Waals surface area (Å²) in [4.78, 5) is 9.53. The molecular weight excluding hydrogens is 406 g/mol. The SMILES string of the molecule is OCCc1ccc(Nc2ncc3c(n2)C2CC=CC=C2C(c2ccccc2Cl)C3)cc1. The Morgan fingerprint density at radius 1 is 1.06 bits per heavy atom. The van der Waals surface area contributed by atoms with E-state index in [2.05, 4.69) is 40.7 Å². The third-order valence-corrected chi connectivity index (χ3v) is 6.49. The van der Waals surface area contributed by atoms with Gasteiger partial charge in [0.15, 0.2) is 0 Å². The maximum absolute atomic E-state index is 9.09. The minimum atomic E-state index is 0.154. The Hall–Kier alpha value is -2.95. The number of rotatable bonds is 5. The number of anilines is 2. The number of nitrogens with one attached hydrogen (secondary N) is 1. The van der Waals surface area contributed by atoms with Crippen LogP contribution in [0.2, 0.25) is 5.02 Å². The van der Waals surface area contributed by atoms with E-state index in [1.807, 2.05) is 42.6 Å². The first kappa shape index (κ1) is 20.0. The van der Waals surface area contributed by atoms with E-state index in [-0.39, 0.29) is 18.4 Å². The lowest BCUT2D eigenvalue weighted by molar-refractivity contribution is 0.299. The van der Waals surface area contributed by atoms with Crippen LogP contribution in [0.25, 0.3) is 0 Å². The lowest BCUT2D eigenvalue weighted by Crippen LogP contribution is -2.24. The molecule has 0 spiro atoms. The van der Waals surface area contributed by atoms with E-state index in [1.165, 1.54) is 16.7 Å². The molecule has 0 fully saturated rings. The summed E-state index contributed by atoms with van der Waals surface area (Å²) in [5.74, 6) is 1.10. The van der Waals surface area contributed by atoms with Crippen molar-refractivity contribution < 1.29 is 5.11 Å². The topological polar surface area (TPSA) is 58.0 Å². The van der Waals surface area contributed by atoms with Gasteiger partial charge in [0.05, 0.1) is 5.69 Å². The predicted molar refractivity (Wildman–Crippen MR) is 125 cm³/mol. The zero-order valence-electron chi connectivity index (χ0n) is 17.1. The number of aliphatic hydroxyl groups excluding tert-OH is 1. The number of allylic oxidation sites excluding steroid dienone is 4. The van der Waals surface area contributed by atoms with Gasteiger partial charge in [-0.25, -0.2) is 9.97 Å². The predicted octanol–water partition coefficient (Wildman–Crippen LogP) is 5.72. The first-order valence-electron chi connectivity index (χ1n) is 10.7. The van der Waals surface area contributed by atoms with Gasteiger partial charge in [-0.05, 0) is 54.2 Å². The van der Waals surface area contributed by atoms with Gasteiger partial charge in [-0.1, -0.05) is 65.7 Å². The Bertz CT molecular complexity index is 1150. The average molecular weight is 430 g/mol. The molecule has 31 heavy (non-hydrogen) atoms. The Morgan fingerprint density at radius 3 is 2.71 bits per heavy atom. The van der Waals surface area contributed by atoms with E-state index in [0.717, 1.165) is 34.8 Å². The molecule has 0 amide bonds. The van der Waals surface area contributed by atoms with Gasteiger partial charge in [-0.15, -0.1) is 0 Å². The van der Waals surface area contributed by atoms with Crippen molar-refractivity contribution in [3.05, 3.63) is 106 Å². The van der Waals surface area contributed by atoms with Crippen LogP contribution in [0.3, 0.4) is 0 Å². The van der Waals surface area contributed by atoms with Crippen LogP contribution in [0.5, 0.6) is 0 Å². The summed E-state index contributed by atoms with van der Waals surface area (Å²) < 4.78 is 0. The molecule has 2 aliphatic rings. The van der Waals surface area contributed by atoms with Crippen molar-refractivity contribution >= 4 is 23.2 Å². The van der Waals surface area contributed by atoms with E-state index in [4.69, 9.17) is 21.7 Å². The number of halogens is 1. The molecule has 2 atom stereocenters. The van der Waals surface area contributed by atoms with E-state index in [9.17, 15) is 0 Å². The fraction of sp³-hybridized carbons (Fsp3) is 0.231. The number of benzene rings is 2. The lowest BCUT2D eigenvalue weighted by Gasteiger charge is -2.35. The molecule has 3 aromatic rings.